The Bertz CT molecular complexity index is 498. The highest BCUT2D eigenvalue weighted by Gasteiger charge is 2.05. The molecule has 1 N–H and O–H groups in total. The molecule has 0 amide bonds. The number of aromatic nitrogens is 4. The zero-order chi connectivity index (χ0) is 11.5. The Hall–Kier alpha value is -1.50. The van der Waals surface area contributed by atoms with Crippen molar-refractivity contribution in [3.63, 3.8) is 0 Å². The van der Waals surface area contributed by atoms with Gasteiger partial charge in [-0.25, -0.2) is 14.4 Å². The molecule has 0 atom stereocenters. The van der Waals surface area contributed by atoms with Gasteiger partial charge in [0.1, 0.15) is 6.33 Å². The minimum absolute atomic E-state index is 0.190. The number of aryl methyl sites for hydroxylation is 1. The van der Waals surface area contributed by atoms with Gasteiger partial charge in [0.15, 0.2) is 17.5 Å². The fourth-order valence-electron chi connectivity index (χ4n) is 1.17. The average molecular weight is 286 g/mol. The van der Waals surface area contributed by atoms with Crippen molar-refractivity contribution in [2.45, 2.75) is 6.54 Å². The fraction of sp³-hybridized carbons (Fsp3) is 0.222. The van der Waals surface area contributed by atoms with Gasteiger partial charge < -0.3 is 5.32 Å². The Balaban J connectivity index is 2.04. The molecule has 0 aliphatic rings. The zero-order valence-electron chi connectivity index (χ0n) is 8.48. The minimum atomic E-state index is -0.412. The molecule has 5 nitrogen and oxygen atoms in total. The van der Waals surface area contributed by atoms with Crippen molar-refractivity contribution in [2.24, 2.45) is 7.05 Å². The van der Waals surface area contributed by atoms with Gasteiger partial charge in [-0.05, 0) is 22.0 Å². The molecule has 16 heavy (non-hydrogen) atoms. The number of pyridine rings is 1. The van der Waals surface area contributed by atoms with E-state index in [4.69, 9.17) is 0 Å². The highest BCUT2D eigenvalue weighted by Crippen LogP contribution is 2.16. The van der Waals surface area contributed by atoms with Crippen LogP contribution in [0.4, 0.5) is 10.2 Å². The Morgan fingerprint density at radius 3 is 2.94 bits per heavy atom. The van der Waals surface area contributed by atoms with Gasteiger partial charge in [-0.15, -0.1) is 0 Å². The molecule has 0 saturated heterocycles. The normalized spacial score (nSPS) is 10.4. The third-order valence-electron chi connectivity index (χ3n) is 1.87. The van der Waals surface area contributed by atoms with Crippen molar-refractivity contribution in [3.8, 4) is 0 Å². The van der Waals surface area contributed by atoms with E-state index in [1.54, 1.807) is 18.1 Å². The Morgan fingerprint density at radius 2 is 2.31 bits per heavy atom. The zero-order valence-corrected chi connectivity index (χ0v) is 10.1. The van der Waals surface area contributed by atoms with Crippen LogP contribution in [0.25, 0.3) is 0 Å². The second-order valence-corrected chi connectivity index (χ2v) is 4.09. The van der Waals surface area contributed by atoms with Gasteiger partial charge in [0.05, 0.1) is 6.54 Å². The third-order valence-corrected chi connectivity index (χ3v) is 2.30. The Morgan fingerprint density at radius 1 is 1.50 bits per heavy atom. The second kappa shape index (κ2) is 4.56. The molecule has 2 aromatic rings. The van der Waals surface area contributed by atoms with E-state index in [2.05, 4.69) is 36.3 Å². The summed E-state index contributed by atoms with van der Waals surface area (Å²) in [5, 5.41) is 6.88. The molecule has 7 heteroatoms. The van der Waals surface area contributed by atoms with E-state index >= 15 is 0 Å². The third kappa shape index (κ3) is 2.54. The number of nitrogens with one attached hydrogen (secondary N) is 1. The minimum Gasteiger partial charge on any atom is -0.360 e. The van der Waals surface area contributed by atoms with Gasteiger partial charge in [-0.2, -0.15) is 5.10 Å². The summed E-state index contributed by atoms with van der Waals surface area (Å²) in [7, 11) is 1.77. The highest BCUT2D eigenvalue weighted by atomic mass is 79.9. The number of halogens is 2. The van der Waals surface area contributed by atoms with E-state index in [1.807, 2.05) is 0 Å². The lowest BCUT2D eigenvalue weighted by atomic mass is 10.4. The van der Waals surface area contributed by atoms with Crippen molar-refractivity contribution in [2.75, 3.05) is 5.32 Å². The van der Waals surface area contributed by atoms with Crippen LogP contribution in [0.3, 0.4) is 0 Å². The standard InChI is InChI=1S/C9H9BrFN5/c1-16-5-14-8(15-16)4-13-9-7(11)2-6(10)3-12-9/h2-3,5H,4H2,1H3,(H,12,13). The van der Waals surface area contributed by atoms with E-state index in [0.717, 1.165) is 0 Å². The summed E-state index contributed by atoms with van der Waals surface area (Å²) in [6.07, 6.45) is 3.11. The summed E-state index contributed by atoms with van der Waals surface area (Å²) in [4.78, 5) is 7.91. The molecule has 2 rings (SSSR count). The van der Waals surface area contributed by atoms with Crippen molar-refractivity contribution in [1.29, 1.82) is 0 Å². The van der Waals surface area contributed by atoms with E-state index < -0.39 is 5.82 Å². The molecule has 2 aromatic heterocycles. The second-order valence-electron chi connectivity index (χ2n) is 3.17. The van der Waals surface area contributed by atoms with Crippen LogP contribution < -0.4 is 5.32 Å². The van der Waals surface area contributed by atoms with E-state index in [-0.39, 0.29) is 5.82 Å². The molecule has 0 aromatic carbocycles. The van der Waals surface area contributed by atoms with Crippen LogP contribution >= 0.6 is 15.9 Å². The van der Waals surface area contributed by atoms with E-state index in [9.17, 15) is 4.39 Å². The van der Waals surface area contributed by atoms with Crippen LogP contribution in [0.15, 0.2) is 23.1 Å². The first-order chi connectivity index (χ1) is 7.65. The number of nitrogens with zero attached hydrogens (tertiary/aromatic N) is 4. The topological polar surface area (TPSA) is 55.6 Å². The quantitative estimate of drug-likeness (QED) is 0.933. The summed E-state index contributed by atoms with van der Waals surface area (Å²) in [5.74, 6) is 0.368. The molecular weight excluding hydrogens is 277 g/mol. The highest BCUT2D eigenvalue weighted by molar-refractivity contribution is 9.10. The van der Waals surface area contributed by atoms with E-state index in [0.29, 0.717) is 16.8 Å². The molecule has 0 saturated carbocycles. The smallest absolute Gasteiger partial charge is 0.169 e. The maximum Gasteiger partial charge on any atom is 0.169 e. The van der Waals surface area contributed by atoms with Gasteiger partial charge in [0.25, 0.3) is 0 Å². The number of hydrogen-bond donors (Lipinski definition) is 1. The van der Waals surface area contributed by atoms with Gasteiger partial charge in [0.2, 0.25) is 0 Å². The predicted octanol–water partition coefficient (Wildman–Crippen LogP) is 1.72. The molecule has 0 radical (unpaired) electrons. The Kier molecular flexibility index (Phi) is 3.14. The molecular formula is C9H9BrFN5. The number of anilines is 1. The largest absolute Gasteiger partial charge is 0.360 e. The van der Waals surface area contributed by atoms with Crippen LogP contribution in [-0.2, 0) is 13.6 Å². The summed E-state index contributed by atoms with van der Waals surface area (Å²) >= 11 is 3.14. The van der Waals surface area contributed by atoms with Crippen LogP contribution in [0.5, 0.6) is 0 Å². The number of rotatable bonds is 3. The van der Waals surface area contributed by atoms with Crippen molar-refractivity contribution in [3.05, 3.63) is 34.7 Å². The summed E-state index contributed by atoms with van der Waals surface area (Å²) in [5.41, 5.74) is 0. The molecule has 0 bridgehead atoms. The van der Waals surface area contributed by atoms with Crippen LogP contribution in [-0.4, -0.2) is 19.7 Å². The van der Waals surface area contributed by atoms with Gasteiger partial charge in [-0.3, -0.25) is 4.68 Å². The molecule has 0 unspecified atom stereocenters. The molecule has 0 spiro atoms. The first-order valence-electron chi connectivity index (χ1n) is 4.54. The van der Waals surface area contributed by atoms with Crippen molar-refractivity contribution in [1.82, 2.24) is 19.7 Å². The van der Waals surface area contributed by atoms with Crippen molar-refractivity contribution < 1.29 is 4.39 Å². The lowest BCUT2D eigenvalue weighted by Crippen LogP contribution is -2.05. The van der Waals surface area contributed by atoms with E-state index in [1.165, 1.54) is 12.3 Å². The first-order valence-corrected chi connectivity index (χ1v) is 5.34. The molecule has 0 fully saturated rings. The first kappa shape index (κ1) is 11.0. The average Bonchev–Trinajstić information content (AvgIpc) is 2.63. The molecule has 2 heterocycles. The van der Waals surface area contributed by atoms with Gasteiger partial charge in [-0.1, -0.05) is 0 Å². The van der Waals surface area contributed by atoms with Gasteiger partial charge >= 0.3 is 0 Å². The maximum absolute atomic E-state index is 13.4. The predicted molar refractivity (Wildman–Crippen MR) is 60.2 cm³/mol. The van der Waals surface area contributed by atoms with Crippen LogP contribution in [0.1, 0.15) is 5.82 Å². The monoisotopic (exact) mass is 285 g/mol. The van der Waals surface area contributed by atoms with Gasteiger partial charge in [0, 0.05) is 17.7 Å². The fourth-order valence-corrected chi connectivity index (χ4v) is 1.48. The maximum atomic E-state index is 13.4. The lowest BCUT2D eigenvalue weighted by Gasteiger charge is -2.03. The molecule has 84 valence electrons. The molecule has 0 aliphatic carbocycles. The van der Waals surface area contributed by atoms with Crippen molar-refractivity contribution >= 4 is 21.7 Å². The number of hydrogen-bond acceptors (Lipinski definition) is 4. The van der Waals surface area contributed by atoms with Crippen LogP contribution in [0.2, 0.25) is 0 Å². The SMILES string of the molecule is Cn1cnc(CNc2ncc(Br)cc2F)n1. The molecule has 0 aliphatic heterocycles. The summed E-state index contributed by atoms with van der Waals surface area (Å²) in [6.45, 7) is 0.340. The summed E-state index contributed by atoms with van der Waals surface area (Å²) < 4.78 is 15.5. The Labute approximate surface area is 99.8 Å². The lowest BCUT2D eigenvalue weighted by molar-refractivity contribution is 0.622. The summed E-state index contributed by atoms with van der Waals surface area (Å²) in [6, 6.07) is 1.35. The van der Waals surface area contributed by atoms with Crippen LogP contribution in [0, 0.1) is 5.82 Å².